The fraction of sp³-hybridized carbons (Fsp3) is 0.0625. The summed E-state index contributed by atoms with van der Waals surface area (Å²) in [7, 11) is 0. The summed E-state index contributed by atoms with van der Waals surface area (Å²) in [6, 6.07) is 10.6. The highest BCUT2D eigenvalue weighted by Crippen LogP contribution is 2.23. The van der Waals surface area contributed by atoms with Gasteiger partial charge in [-0.25, -0.2) is 4.79 Å². The molecule has 22 heavy (non-hydrogen) atoms. The topological polar surface area (TPSA) is 95.1 Å². The Kier molecular flexibility index (Phi) is 3.57. The van der Waals surface area contributed by atoms with Crippen molar-refractivity contribution in [1.29, 1.82) is 0 Å². The fourth-order valence-corrected chi connectivity index (χ4v) is 2.37. The molecule has 1 aromatic carbocycles. The van der Waals surface area contributed by atoms with E-state index in [0.717, 1.165) is 5.39 Å². The molecule has 3 rings (SSSR count). The molecule has 0 unspecified atom stereocenters. The zero-order valence-corrected chi connectivity index (χ0v) is 11.5. The molecule has 0 saturated carbocycles. The molecule has 3 N–H and O–H groups in total. The first-order chi connectivity index (χ1) is 10.6. The normalized spacial score (nSPS) is 10.5. The number of carboxylic acids is 1. The minimum absolute atomic E-state index is 0.0272. The third-order valence-corrected chi connectivity index (χ3v) is 3.31. The van der Waals surface area contributed by atoms with Crippen molar-refractivity contribution in [3.63, 3.8) is 0 Å². The van der Waals surface area contributed by atoms with Crippen molar-refractivity contribution in [2.45, 2.75) is 6.42 Å². The minimum atomic E-state index is -1.08. The highest BCUT2D eigenvalue weighted by Gasteiger charge is 2.19. The molecule has 0 fully saturated rings. The molecule has 6 nitrogen and oxygen atoms in total. The summed E-state index contributed by atoms with van der Waals surface area (Å²) in [5.74, 6) is -1.37. The average molecular weight is 295 g/mol. The maximum absolute atomic E-state index is 12.2. The smallest absolute Gasteiger partial charge is 0.352 e. The van der Waals surface area contributed by atoms with Crippen LogP contribution in [-0.4, -0.2) is 27.0 Å². The number of carboxylic acid groups (broad SMARTS) is 1. The molecule has 0 bridgehead atoms. The number of para-hydroxylation sites is 1. The molecule has 0 atom stereocenters. The van der Waals surface area contributed by atoms with E-state index in [9.17, 15) is 14.7 Å². The van der Waals surface area contributed by atoms with Gasteiger partial charge in [0.1, 0.15) is 5.69 Å². The number of H-pyrrole nitrogens is 1. The number of nitrogens with one attached hydrogen (secondary N) is 2. The largest absolute Gasteiger partial charge is 0.477 e. The highest BCUT2D eigenvalue weighted by atomic mass is 16.4. The molecule has 0 spiro atoms. The number of pyridine rings is 1. The Morgan fingerprint density at radius 2 is 2.00 bits per heavy atom. The molecule has 2 heterocycles. The molecule has 3 aromatic rings. The van der Waals surface area contributed by atoms with Crippen LogP contribution in [0.1, 0.15) is 16.1 Å². The molecule has 2 aromatic heterocycles. The van der Waals surface area contributed by atoms with E-state index in [1.54, 1.807) is 30.5 Å². The first-order valence-electron chi connectivity index (χ1n) is 6.68. The Labute approximate surface area is 125 Å². The third kappa shape index (κ3) is 2.67. The summed E-state index contributed by atoms with van der Waals surface area (Å²) < 4.78 is 0. The Morgan fingerprint density at radius 1 is 1.18 bits per heavy atom. The van der Waals surface area contributed by atoms with Crippen LogP contribution in [0.4, 0.5) is 5.69 Å². The van der Waals surface area contributed by atoms with Gasteiger partial charge in [-0.15, -0.1) is 0 Å². The van der Waals surface area contributed by atoms with Gasteiger partial charge in [0.05, 0.1) is 18.3 Å². The van der Waals surface area contributed by atoms with E-state index >= 15 is 0 Å². The van der Waals surface area contributed by atoms with Gasteiger partial charge in [0.25, 0.3) is 0 Å². The second-order valence-electron chi connectivity index (χ2n) is 4.80. The van der Waals surface area contributed by atoms with Crippen molar-refractivity contribution in [2.24, 2.45) is 0 Å². The quantitative estimate of drug-likeness (QED) is 0.689. The Balaban J connectivity index is 1.91. The van der Waals surface area contributed by atoms with Crippen LogP contribution in [0.3, 0.4) is 0 Å². The molecule has 0 radical (unpaired) electrons. The molecule has 1 amide bonds. The number of anilines is 1. The lowest BCUT2D eigenvalue weighted by molar-refractivity contribution is -0.115. The number of fused-ring (bicyclic) bond motifs is 1. The van der Waals surface area contributed by atoms with Gasteiger partial charge in [-0.05, 0) is 18.2 Å². The van der Waals surface area contributed by atoms with E-state index in [1.807, 2.05) is 12.1 Å². The summed E-state index contributed by atoms with van der Waals surface area (Å²) in [6.07, 6.45) is 3.11. The summed E-state index contributed by atoms with van der Waals surface area (Å²) in [4.78, 5) is 30.3. The number of aromatic nitrogens is 2. The second-order valence-corrected chi connectivity index (χ2v) is 4.80. The number of nitrogens with zero attached hydrogens (tertiary/aromatic N) is 1. The summed E-state index contributed by atoms with van der Waals surface area (Å²) in [5.41, 5.74) is 1.79. The molecule has 0 aliphatic rings. The Bertz CT molecular complexity index is 840. The predicted octanol–water partition coefficient (Wildman–Crippen LogP) is 2.44. The van der Waals surface area contributed by atoms with Crippen LogP contribution in [0.25, 0.3) is 10.9 Å². The van der Waals surface area contributed by atoms with Crippen LogP contribution >= 0.6 is 0 Å². The van der Waals surface area contributed by atoms with Crippen molar-refractivity contribution in [2.75, 3.05) is 5.32 Å². The molecule has 0 aliphatic heterocycles. The number of benzene rings is 1. The number of carbonyl (C=O) groups is 2. The number of hydrogen-bond donors (Lipinski definition) is 3. The van der Waals surface area contributed by atoms with Gasteiger partial charge in [-0.1, -0.05) is 18.2 Å². The lowest BCUT2D eigenvalue weighted by atomic mass is 10.1. The van der Waals surface area contributed by atoms with Gasteiger partial charge in [-0.3, -0.25) is 9.78 Å². The zero-order valence-electron chi connectivity index (χ0n) is 11.5. The van der Waals surface area contributed by atoms with Crippen LogP contribution in [-0.2, 0) is 11.2 Å². The molecule has 0 saturated heterocycles. The number of rotatable bonds is 4. The molecule has 110 valence electrons. The van der Waals surface area contributed by atoms with Crippen LogP contribution in [0.2, 0.25) is 0 Å². The second kappa shape index (κ2) is 5.69. The van der Waals surface area contributed by atoms with Crippen molar-refractivity contribution in [1.82, 2.24) is 9.97 Å². The lowest BCUT2D eigenvalue weighted by Crippen LogP contribution is -2.16. The van der Waals surface area contributed by atoms with Crippen molar-refractivity contribution in [3.05, 3.63) is 60.0 Å². The van der Waals surface area contributed by atoms with Gasteiger partial charge in [0.15, 0.2) is 0 Å². The number of carbonyl (C=O) groups excluding carboxylic acids is 1. The first kappa shape index (κ1) is 13.8. The maximum Gasteiger partial charge on any atom is 0.352 e. The molecule has 6 heteroatoms. The van der Waals surface area contributed by atoms with E-state index in [1.165, 1.54) is 6.20 Å². The van der Waals surface area contributed by atoms with Crippen LogP contribution in [0.5, 0.6) is 0 Å². The predicted molar refractivity (Wildman–Crippen MR) is 81.8 cm³/mol. The monoisotopic (exact) mass is 295 g/mol. The third-order valence-electron chi connectivity index (χ3n) is 3.31. The van der Waals surface area contributed by atoms with E-state index in [2.05, 4.69) is 15.3 Å². The van der Waals surface area contributed by atoms with Gasteiger partial charge < -0.3 is 15.4 Å². The van der Waals surface area contributed by atoms with Crippen molar-refractivity contribution < 1.29 is 14.7 Å². The van der Waals surface area contributed by atoms with Crippen LogP contribution < -0.4 is 5.32 Å². The number of hydrogen-bond acceptors (Lipinski definition) is 3. The number of amides is 1. The highest BCUT2D eigenvalue weighted by molar-refractivity contribution is 6.02. The Morgan fingerprint density at radius 3 is 2.73 bits per heavy atom. The van der Waals surface area contributed by atoms with E-state index in [4.69, 9.17) is 0 Å². The van der Waals surface area contributed by atoms with Crippen LogP contribution in [0, 0.1) is 0 Å². The zero-order chi connectivity index (χ0) is 15.5. The average Bonchev–Trinajstić information content (AvgIpc) is 2.87. The van der Waals surface area contributed by atoms with Crippen LogP contribution in [0.15, 0.2) is 48.8 Å². The lowest BCUT2D eigenvalue weighted by Gasteiger charge is -2.05. The van der Waals surface area contributed by atoms with Gasteiger partial charge >= 0.3 is 5.97 Å². The first-order valence-corrected chi connectivity index (χ1v) is 6.68. The minimum Gasteiger partial charge on any atom is -0.477 e. The fourth-order valence-electron chi connectivity index (χ4n) is 2.37. The van der Waals surface area contributed by atoms with Crippen molar-refractivity contribution in [3.8, 4) is 0 Å². The SMILES string of the molecule is O=C(Cc1c(C(=O)O)[nH]c2ccccc12)Nc1cccnc1. The van der Waals surface area contributed by atoms with E-state index in [-0.39, 0.29) is 18.0 Å². The standard InChI is InChI=1S/C16H13N3O3/c20-14(18-10-4-3-7-17-9-10)8-12-11-5-1-2-6-13(11)19-15(12)16(21)22/h1-7,9,19H,8H2,(H,18,20)(H,21,22). The number of aromatic carboxylic acids is 1. The van der Waals surface area contributed by atoms with Gasteiger partial charge in [0, 0.05) is 22.7 Å². The van der Waals surface area contributed by atoms with Gasteiger partial charge in [-0.2, -0.15) is 0 Å². The Hall–Kier alpha value is -3.15. The maximum atomic E-state index is 12.2. The summed E-state index contributed by atoms with van der Waals surface area (Å²) in [5, 5.41) is 12.7. The van der Waals surface area contributed by atoms with Crippen molar-refractivity contribution >= 4 is 28.5 Å². The molecule has 0 aliphatic carbocycles. The van der Waals surface area contributed by atoms with E-state index < -0.39 is 5.97 Å². The summed E-state index contributed by atoms with van der Waals surface area (Å²) in [6.45, 7) is 0. The van der Waals surface area contributed by atoms with E-state index in [0.29, 0.717) is 16.8 Å². The molecular weight excluding hydrogens is 282 g/mol. The number of aromatic amines is 1. The summed E-state index contributed by atoms with van der Waals surface area (Å²) >= 11 is 0. The molecular formula is C16H13N3O3. The van der Waals surface area contributed by atoms with Gasteiger partial charge in [0.2, 0.25) is 5.91 Å².